The van der Waals surface area contributed by atoms with Gasteiger partial charge in [-0.1, -0.05) is 40.2 Å². The molecule has 2 aromatic rings. The SMILES string of the molecule is O=C(c1ccccc1Br)C1CCc2cccnc21. The maximum absolute atomic E-state index is 12.6. The Hall–Kier alpha value is -1.48. The van der Waals surface area contributed by atoms with Crippen LogP contribution in [0.5, 0.6) is 0 Å². The summed E-state index contributed by atoms with van der Waals surface area (Å²) < 4.78 is 0.861. The van der Waals surface area contributed by atoms with Gasteiger partial charge < -0.3 is 0 Å². The Morgan fingerprint density at radius 3 is 2.89 bits per heavy atom. The van der Waals surface area contributed by atoms with Crippen molar-refractivity contribution >= 4 is 21.7 Å². The van der Waals surface area contributed by atoms with Gasteiger partial charge in [0.15, 0.2) is 5.78 Å². The molecule has 1 aromatic carbocycles. The van der Waals surface area contributed by atoms with Crippen molar-refractivity contribution in [1.82, 2.24) is 4.98 Å². The third-order valence-corrected chi connectivity index (χ3v) is 4.11. The summed E-state index contributed by atoms with van der Waals surface area (Å²) in [4.78, 5) is 16.9. The van der Waals surface area contributed by atoms with Gasteiger partial charge in [-0.2, -0.15) is 0 Å². The van der Waals surface area contributed by atoms with Crippen LogP contribution in [-0.4, -0.2) is 10.8 Å². The summed E-state index contributed by atoms with van der Waals surface area (Å²) in [7, 11) is 0. The van der Waals surface area contributed by atoms with Crippen LogP contribution in [0.2, 0.25) is 0 Å². The fourth-order valence-corrected chi connectivity index (χ4v) is 3.00. The predicted octanol–water partition coefficient (Wildman–Crippen LogP) is 3.76. The zero-order chi connectivity index (χ0) is 12.5. The van der Waals surface area contributed by atoms with Crippen molar-refractivity contribution in [2.75, 3.05) is 0 Å². The molecule has 0 saturated heterocycles. The number of pyridine rings is 1. The highest BCUT2D eigenvalue weighted by atomic mass is 79.9. The Bertz CT molecular complexity index is 609. The molecule has 0 amide bonds. The number of carbonyl (C=O) groups is 1. The van der Waals surface area contributed by atoms with E-state index in [1.54, 1.807) is 6.20 Å². The third kappa shape index (κ3) is 1.89. The quantitative estimate of drug-likeness (QED) is 0.791. The number of nitrogens with zero attached hydrogens (tertiary/aromatic N) is 1. The Labute approximate surface area is 114 Å². The second kappa shape index (κ2) is 4.65. The van der Waals surface area contributed by atoms with Gasteiger partial charge in [0.25, 0.3) is 0 Å². The molecular formula is C15H12BrNO. The van der Waals surface area contributed by atoms with E-state index in [1.165, 1.54) is 5.56 Å². The predicted molar refractivity (Wildman–Crippen MR) is 73.8 cm³/mol. The number of aryl methyl sites for hydroxylation is 1. The van der Waals surface area contributed by atoms with E-state index in [-0.39, 0.29) is 11.7 Å². The molecule has 1 aromatic heterocycles. The molecule has 0 fully saturated rings. The van der Waals surface area contributed by atoms with Crippen LogP contribution in [0.1, 0.15) is 34.0 Å². The van der Waals surface area contributed by atoms with Gasteiger partial charge in [-0.25, -0.2) is 0 Å². The first-order valence-electron chi connectivity index (χ1n) is 6.00. The van der Waals surface area contributed by atoms with Crippen molar-refractivity contribution in [2.45, 2.75) is 18.8 Å². The third-order valence-electron chi connectivity index (χ3n) is 3.41. The van der Waals surface area contributed by atoms with Gasteiger partial charge in [0.1, 0.15) is 0 Å². The zero-order valence-corrected chi connectivity index (χ0v) is 11.4. The van der Waals surface area contributed by atoms with Gasteiger partial charge in [0.2, 0.25) is 0 Å². The average Bonchev–Trinajstić information content (AvgIpc) is 2.82. The fraction of sp³-hybridized carbons (Fsp3) is 0.200. The van der Waals surface area contributed by atoms with E-state index in [4.69, 9.17) is 0 Å². The number of hydrogen-bond acceptors (Lipinski definition) is 2. The van der Waals surface area contributed by atoms with Gasteiger partial charge in [-0.3, -0.25) is 9.78 Å². The Morgan fingerprint density at radius 2 is 2.06 bits per heavy atom. The first kappa shape index (κ1) is 11.6. The van der Waals surface area contributed by atoms with Gasteiger partial charge in [-0.15, -0.1) is 0 Å². The molecule has 1 unspecified atom stereocenters. The summed E-state index contributed by atoms with van der Waals surface area (Å²) in [5.74, 6) is 0.0832. The number of rotatable bonds is 2. The van der Waals surface area contributed by atoms with Crippen LogP contribution >= 0.6 is 15.9 Å². The molecule has 0 aliphatic heterocycles. The van der Waals surface area contributed by atoms with Crippen molar-refractivity contribution in [3.8, 4) is 0 Å². The number of fused-ring (bicyclic) bond motifs is 1. The van der Waals surface area contributed by atoms with Gasteiger partial charge in [-0.05, 0) is 30.5 Å². The van der Waals surface area contributed by atoms with E-state index >= 15 is 0 Å². The topological polar surface area (TPSA) is 30.0 Å². The summed E-state index contributed by atoms with van der Waals surface area (Å²) in [5, 5.41) is 0. The summed E-state index contributed by atoms with van der Waals surface area (Å²) in [6.45, 7) is 0. The highest BCUT2D eigenvalue weighted by Gasteiger charge is 2.30. The first-order valence-corrected chi connectivity index (χ1v) is 6.79. The van der Waals surface area contributed by atoms with Crippen LogP contribution in [0, 0.1) is 0 Å². The smallest absolute Gasteiger partial charge is 0.173 e. The number of carbonyl (C=O) groups excluding carboxylic acids is 1. The molecule has 1 atom stereocenters. The number of halogens is 1. The Kier molecular flexibility index (Phi) is 3.00. The lowest BCUT2D eigenvalue weighted by atomic mass is 9.95. The van der Waals surface area contributed by atoms with Crippen LogP contribution in [0.15, 0.2) is 47.1 Å². The largest absolute Gasteiger partial charge is 0.293 e. The van der Waals surface area contributed by atoms with E-state index in [1.807, 2.05) is 30.3 Å². The molecule has 0 radical (unpaired) electrons. The second-order valence-corrected chi connectivity index (χ2v) is 5.34. The molecular weight excluding hydrogens is 290 g/mol. The maximum atomic E-state index is 12.6. The molecule has 1 aliphatic rings. The molecule has 0 saturated carbocycles. The Morgan fingerprint density at radius 1 is 1.22 bits per heavy atom. The number of ketones is 1. The summed E-state index contributed by atoms with van der Waals surface area (Å²) in [6, 6.07) is 11.6. The normalized spacial score (nSPS) is 17.5. The highest BCUT2D eigenvalue weighted by Crippen LogP contribution is 2.35. The van der Waals surface area contributed by atoms with Gasteiger partial charge >= 0.3 is 0 Å². The highest BCUT2D eigenvalue weighted by molar-refractivity contribution is 9.10. The standard InChI is InChI=1S/C15H12BrNO/c16-13-6-2-1-5-11(13)15(18)12-8-7-10-4-3-9-17-14(10)12/h1-6,9,12H,7-8H2. The van der Waals surface area contributed by atoms with Crippen molar-refractivity contribution < 1.29 is 4.79 Å². The van der Waals surface area contributed by atoms with E-state index in [0.29, 0.717) is 0 Å². The van der Waals surface area contributed by atoms with Gasteiger partial charge in [0.05, 0.1) is 11.6 Å². The monoisotopic (exact) mass is 301 g/mol. The van der Waals surface area contributed by atoms with Crippen LogP contribution in [0.25, 0.3) is 0 Å². The first-order chi connectivity index (χ1) is 8.77. The molecule has 0 bridgehead atoms. The summed E-state index contributed by atoms with van der Waals surface area (Å²) in [6.07, 6.45) is 3.58. The van der Waals surface area contributed by atoms with Crippen LogP contribution in [0.3, 0.4) is 0 Å². The minimum atomic E-state index is -0.0834. The van der Waals surface area contributed by atoms with Crippen molar-refractivity contribution in [3.05, 3.63) is 63.9 Å². The van der Waals surface area contributed by atoms with Crippen LogP contribution in [0.4, 0.5) is 0 Å². The Balaban J connectivity index is 1.99. The molecule has 3 rings (SSSR count). The molecule has 18 heavy (non-hydrogen) atoms. The summed E-state index contributed by atoms with van der Waals surface area (Å²) >= 11 is 3.44. The van der Waals surface area contributed by atoms with E-state index in [0.717, 1.165) is 28.6 Å². The van der Waals surface area contributed by atoms with Crippen molar-refractivity contribution in [3.63, 3.8) is 0 Å². The van der Waals surface area contributed by atoms with Gasteiger partial charge in [0, 0.05) is 16.2 Å². The fourth-order valence-electron chi connectivity index (χ4n) is 2.52. The second-order valence-electron chi connectivity index (χ2n) is 4.48. The number of benzene rings is 1. The lowest BCUT2D eigenvalue weighted by Crippen LogP contribution is -2.11. The zero-order valence-electron chi connectivity index (χ0n) is 9.77. The molecule has 1 heterocycles. The average molecular weight is 302 g/mol. The van der Waals surface area contributed by atoms with Crippen molar-refractivity contribution in [1.29, 1.82) is 0 Å². The van der Waals surface area contributed by atoms with E-state index < -0.39 is 0 Å². The molecule has 1 aliphatic carbocycles. The lowest BCUT2D eigenvalue weighted by Gasteiger charge is -2.10. The molecule has 0 spiro atoms. The number of hydrogen-bond donors (Lipinski definition) is 0. The molecule has 3 heteroatoms. The number of aromatic nitrogens is 1. The minimum absolute atomic E-state index is 0.0834. The van der Waals surface area contributed by atoms with Crippen LogP contribution < -0.4 is 0 Å². The summed E-state index contributed by atoms with van der Waals surface area (Å²) in [5.41, 5.74) is 2.92. The molecule has 90 valence electrons. The lowest BCUT2D eigenvalue weighted by molar-refractivity contribution is 0.0957. The van der Waals surface area contributed by atoms with E-state index in [9.17, 15) is 4.79 Å². The van der Waals surface area contributed by atoms with E-state index in [2.05, 4.69) is 27.0 Å². The molecule has 2 nitrogen and oxygen atoms in total. The minimum Gasteiger partial charge on any atom is -0.293 e. The number of Topliss-reactive ketones (excluding diaryl/α,β-unsaturated/α-hetero) is 1. The maximum Gasteiger partial charge on any atom is 0.173 e. The molecule has 0 N–H and O–H groups in total. The van der Waals surface area contributed by atoms with Crippen molar-refractivity contribution in [2.24, 2.45) is 0 Å². The van der Waals surface area contributed by atoms with Crippen LogP contribution in [-0.2, 0) is 6.42 Å².